The average Bonchev–Trinajstić information content (AvgIpc) is 3.76. The fraction of sp³-hybridized carbons (Fsp3) is 0. The molecule has 7 aromatic carbocycles. The lowest BCUT2D eigenvalue weighted by atomic mass is 9.97. The van der Waals surface area contributed by atoms with E-state index in [4.69, 9.17) is 18.8 Å². The van der Waals surface area contributed by atoms with Gasteiger partial charge in [0.1, 0.15) is 22.3 Å². The van der Waals surface area contributed by atoms with E-state index in [1.807, 2.05) is 60.7 Å². The predicted molar refractivity (Wildman–Crippen MR) is 204 cm³/mol. The number of benzene rings is 7. The van der Waals surface area contributed by atoms with E-state index in [0.717, 1.165) is 83.1 Å². The SMILES string of the molecule is c1ccc(-c2cc(-c3cccc4oc5ccc(-c6ccc7c(c6)oc6cccc(-c8ccccc8)c67)cc5c34)nc(-c3ccccc3)n2)cc1. The summed E-state index contributed by atoms with van der Waals surface area (Å²) in [6.07, 6.45) is 0. The topological polar surface area (TPSA) is 52.1 Å². The molecule has 0 N–H and O–H groups in total. The van der Waals surface area contributed by atoms with Gasteiger partial charge in [0.05, 0.1) is 11.4 Å². The van der Waals surface area contributed by atoms with Crippen molar-refractivity contribution >= 4 is 43.9 Å². The van der Waals surface area contributed by atoms with E-state index in [0.29, 0.717) is 5.82 Å². The van der Waals surface area contributed by atoms with Crippen LogP contribution >= 0.6 is 0 Å². The number of hydrogen-bond acceptors (Lipinski definition) is 4. The van der Waals surface area contributed by atoms with Crippen LogP contribution in [-0.4, -0.2) is 9.97 Å². The van der Waals surface area contributed by atoms with Gasteiger partial charge in [-0.15, -0.1) is 0 Å². The van der Waals surface area contributed by atoms with Gasteiger partial charge < -0.3 is 8.83 Å². The highest BCUT2D eigenvalue weighted by Crippen LogP contribution is 2.41. The fourth-order valence-electron chi connectivity index (χ4n) is 7.14. The van der Waals surface area contributed by atoms with Crippen LogP contribution in [0.2, 0.25) is 0 Å². The van der Waals surface area contributed by atoms with E-state index in [-0.39, 0.29) is 0 Å². The minimum absolute atomic E-state index is 0.682. The molecule has 0 spiro atoms. The third kappa shape index (κ3) is 4.69. The number of aromatic nitrogens is 2. The Morgan fingerprint density at radius 2 is 0.900 bits per heavy atom. The molecule has 3 aromatic heterocycles. The summed E-state index contributed by atoms with van der Waals surface area (Å²) in [4.78, 5) is 10.1. The van der Waals surface area contributed by atoms with Crippen molar-refractivity contribution in [1.29, 1.82) is 0 Å². The highest BCUT2D eigenvalue weighted by molar-refractivity contribution is 6.15. The van der Waals surface area contributed by atoms with Crippen LogP contribution < -0.4 is 0 Å². The van der Waals surface area contributed by atoms with Gasteiger partial charge in [0.25, 0.3) is 0 Å². The molecule has 0 amide bonds. The van der Waals surface area contributed by atoms with Crippen LogP contribution in [0, 0.1) is 0 Å². The van der Waals surface area contributed by atoms with Gasteiger partial charge in [-0.2, -0.15) is 0 Å². The van der Waals surface area contributed by atoms with Crippen molar-refractivity contribution in [2.45, 2.75) is 0 Å². The molecule has 50 heavy (non-hydrogen) atoms. The molecule has 0 fully saturated rings. The zero-order valence-electron chi connectivity index (χ0n) is 26.9. The Morgan fingerprint density at radius 3 is 1.64 bits per heavy atom. The van der Waals surface area contributed by atoms with Crippen molar-refractivity contribution in [2.24, 2.45) is 0 Å². The van der Waals surface area contributed by atoms with Crippen molar-refractivity contribution in [2.75, 3.05) is 0 Å². The third-order valence-electron chi connectivity index (χ3n) is 9.51. The van der Waals surface area contributed by atoms with Crippen molar-refractivity contribution in [3.63, 3.8) is 0 Å². The molecule has 0 unspecified atom stereocenters. The molecule has 3 heterocycles. The fourth-order valence-corrected chi connectivity index (χ4v) is 7.14. The van der Waals surface area contributed by atoms with Gasteiger partial charge in [0.15, 0.2) is 5.82 Å². The average molecular weight is 641 g/mol. The lowest BCUT2D eigenvalue weighted by Crippen LogP contribution is -1.96. The molecule has 0 aliphatic carbocycles. The molecular weight excluding hydrogens is 613 g/mol. The molecule has 234 valence electrons. The second-order valence-corrected chi connectivity index (χ2v) is 12.5. The lowest BCUT2D eigenvalue weighted by molar-refractivity contribution is 0.669. The van der Waals surface area contributed by atoms with E-state index in [9.17, 15) is 0 Å². The van der Waals surface area contributed by atoms with Crippen LogP contribution in [-0.2, 0) is 0 Å². The molecule has 4 nitrogen and oxygen atoms in total. The summed E-state index contributed by atoms with van der Waals surface area (Å²) in [5.74, 6) is 0.682. The number of rotatable bonds is 5. The molecule has 0 aliphatic heterocycles. The van der Waals surface area contributed by atoms with E-state index >= 15 is 0 Å². The first kappa shape index (κ1) is 28.3. The van der Waals surface area contributed by atoms with Gasteiger partial charge in [-0.05, 0) is 64.7 Å². The maximum Gasteiger partial charge on any atom is 0.160 e. The Balaban J connectivity index is 1.14. The first-order valence-electron chi connectivity index (χ1n) is 16.7. The van der Waals surface area contributed by atoms with Gasteiger partial charge in [0, 0.05) is 38.2 Å². The van der Waals surface area contributed by atoms with E-state index in [1.54, 1.807) is 0 Å². The Morgan fingerprint density at radius 1 is 0.320 bits per heavy atom. The Kier molecular flexibility index (Phi) is 6.46. The summed E-state index contributed by atoms with van der Waals surface area (Å²) >= 11 is 0. The summed E-state index contributed by atoms with van der Waals surface area (Å²) in [5.41, 5.74) is 12.6. The minimum atomic E-state index is 0.682. The maximum atomic E-state index is 6.46. The highest BCUT2D eigenvalue weighted by atomic mass is 16.3. The Bertz CT molecular complexity index is 2800. The number of hydrogen-bond donors (Lipinski definition) is 0. The van der Waals surface area contributed by atoms with E-state index < -0.39 is 0 Å². The molecule has 0 aliphatic rings. The normalized spacial score (nSPS) is 11.6. The number of furan rings is 2. The Hall–Kier alpha value is -6.78. The van der Waals surface area contributed by atoms with Crippen molar-refractivity contribution in [1.82, 2.24) is 9.97 Å². The van der Waals surface area contributed by atoms with E-state index in [2.05, 4.69) is 109 Å². The van der Waals surface area contributed by atoms with Gasteiger partial charge in [-0.3, -0.25) is 0 Å². The molecular formula is C46H28N2O2. The molecule has 4 heteroatoms. The van der Waals surface area contributed by atoms with Gasteiger partial charge in [0.2, 0.25) is 0 Å². The summed E-state index contributed by atoms with van der Waals surface area (Å²) in [5, 5.41) is 4.30. The minimum Gasteiger partial charge on any atom is -0.456 e. The van der Waals surface area contributed by atoms with E-state index in [1.165, 1.54) is 11.1 Å². The van der Waals surface area contributed by atoms with Crippen LogP contribution in [0.25, 0.3) is 100 Å². The van der Waals surface area contributed by atoms with Crippen LogP contribution in [0.3, 0.4) is 0 Å². The van der Waals surface area contributed by atoms with Gasteiger partial charge >= 0.3 is 0 Å². The second-order valence-electron chi connectivity index (χ2n) is 12.5. The van der Waals surface area contributed by atoms with Crippen LogP contribution in [0.1, 0.15) is 0 Å². The quantitative estimate of drug-likeness (QED) is 0.188. The molecule has 10 aromatic rings. The van der Waals surface area contributed by atoms with Crippen LogP contribution in [0.15, 0.2) is 179 Å². The molecule has 0 saturated heterocycles. The standard InChI is InChI=1S/C46H28N2O2/c1-4-12-29(13-5-1)34-18-10-20-41-44(34)36-24-22-33(27-43(36)50-41)32-23-25-40-37(26-32)45-35(19-11-21-42(45)49-40)39-28-38(30-14-6-2-7-15-30)47-46(48-39)31-16-8-3-9-17-31/h1-28H. The summed E-state index contributed by atoms with van der Waals surface area (Å²) < 4.78 is 12.9. The first-order chi connectivity index (χ1) is 24.8. The maximum absolute atomic E-state index is 6.46. The summed E-state index contributed by atoms with van der Waals surface area (Å²) in [6.45, 7) is 0. The number of nitrogens with zero attached hydrogens (tertiary/aromatic N) is 2. The zero-order chi connectivity index (χ0) is 33.0. The molecule has 0 bridgehead atoms. The lowest BCUT2D eigenvalue weighted by Gasteiger charge is -2.10. The second kappa shape index (κ2) is 11.4. The monoisotopic (exact) mass is 640 g/mol. The van der Waals surface area contributed by atoms with Crippen molar-refractivity contribution in [3.8, 4) is 56.2 Å². The third-order valence-corrected chi connectivity index (χ3v) is 9.51. The highest BCUT2D eigenvalue weighted by Gasteiger charge is 2.18. The molecule has 10 rings (SSSR count). The smallest absolute Gasteiger partial charge is 0.160 e. The molecule has 0 atom stereocenters. The first-order valence-corrected chi connectivity index (χ1v) is 16.7. The van der Waals surface area contributed by atoms with Crippen molar-refractivity contribution in [3.05, 3.63) is 170 Å². The van der Waals surface area contributed by atoms with Gasteiger partial charge in [-0.1, -0.05) is 127 Å². The van der Waals surface area contributed by atoms with Crippen LogP contribution in [0.4, 0.5) is 0 Å². The zero-order valence-corrected chi connectivity index (χ0v) is 26.9. The summed E-state index contributed by atoms with van der Waals surface area (Å²) in [6, 6.07) is 58.4. The van der Waals surface area contributed by atoms with Crippen molar-refractivity contribution < 1.29 is 8.83 Å². The molecule has 0 saturated carbocycles. The molecule has 0 radical (unpaired) electrons. The predicted octanol–water partition coefficient (Wildman–Crippen LogP) is 12.6. The Labute approximate surface area is 287 Å². The number of fused-ring (bicyclic) bond motifs is 6. The van der Waals surface area contributed by atoms with Gasteiger partial charge in [-0.25, -0.2) is 9.97 Å². The summed E-state index contributed by atoms with van der Waals surface area (Å²) in [7, 11) is 0. The largest absolute Gasteiger partial charge is 0.456 e. The van der Waals surface area contributed by atoms with Crippen LogP contribution in [0.5, 0.6) is 0 Å².